The molecule has 3 heterocycles. The Morgan fingerprint density at radius 2 is 2.04 bits per heavy atom. The molecule has 0 fully saturated rings. The third kappa shape index (κ3) is 3.43. The lowest BCUT2D eigenvalue weighted by atomic mass is 10.1. The van der Waals surface area contributed by atoms with E-state index in [0.29, 0.717) is 18.3 Å². The SMILES string of the molecule is CCc1ncc2c(n1)CN(Cc1nnc(-c3ccc(OC)cc3)o1)CC2. The minimum atomic E-state index is 0.524. The van der Waals surface area contributed by atoms with Gasteiger partial charge in [-0.1, -0.05) is 6.92 Å². The summed E-state index contributed by atoms with van der Waals surface area (Å²) in [4.78, 5) is 11.3. The Balaban J connectivity index is 1.45. The number of hydrogen-bond acceptors (Lipinski definition) is 7. The van der Waals surface area contributed by atoms with Gasteiger partial charge >= 0.3 is 0 Å². The third-order valence-corrected chi connectivity index (χ3v) is 4.55. The van der Waals surface area contributed by atoms with Gasteiger partial charge in [-0.25, -0.2) is 9.97 Å². The Hall–Kier alpha value is -2.80. The van der Waals surface area contributed by atoms with E-state index in [1.807, 2.05) is 30.5 Å². The zero-order chi connectivity index (χ0) is 17.9. The Morgan fingerprint density at radius 3 is 2.81 bits per heavy atom. The standard InChI is InChI=1S/C19H21N5O2/c1-3-17-20-10-14-8-9-24(11-16(14)21-17)12-18-22-23-19(26-18)13-4-6-15(25-2)7-5-13/h4-7,10H,3,8-9,11-12H2,1-2H3. The second-order valence-corrected chi connectivity index (χ2v) is 6.30. The van der Waals surface area contributed by atoms with Crippen LogP contribution in [0.5, 0.6) is 5.75 Å². The van der Waals surface area contributed by atoms with Crippen LogP contribution in [0.4, 0.5) is 0 Å². The molecule has 4 rings (SSSR count). The van der Waals surface area contributed by atoms with Crippen LogP contribution in [0.2, 0.25) is 0 Å². The molecule has 0 saturated carbocycles. The van der Waals surface area contributed by atoms with Crippen LogP contribution >= 0.6 is 0 Å². The van der Waals surface area contributed by atoms with E-state index in [-0.39, 0.29) is 0 Å². The van der Waals surface area contributed by atoms with Crippen molar-refractivity contribution >= 4 is 0 Å². The molecule has 3 aromatic rings. The number of fused-ring (bicyclic) bond motifs is 1. The average Bonchev–Trinajstić information content (AvgIpc) is 3.16. The first kappa shape index (κ1) is 16.7. The molecule has 2 aromatic heterocycles. The van der Waals surface area contributed by atoms with Gasteiger partial charge in [0.15, 0.2) is 0 Å². The van der Waals surface area contributed by atoms with Gasteiger partial charge < -0.3 is 9.15 Å². The summed E-state index contributed by atoms with van der Waals surface area (Å²) < 4.78 is 11.0. The Kier molecular flexibility index (Phi) is 4.62. The molecule has 0 bridgehead atoms. The molecule has 0 saturated heterocycles. The largest absolute Gasteiger partial charge is 0.497 e. The van der Waals surface area contributed by atoms with E-state index in [4.69, 9.17) is 9.15 Å². The van der Waals surface area contributed by atoms with E-state index in [9.17, 15) is 0 Å². The van der Waals surface area contributed by atoms with Crippen LogP contribution in [0, 0.1) is 0 Å². The normalized spacial score (nSPS) is 14.2. The summed E-state index contributed by atoms with van der Waals surface area (Å²) >= 11 is 0. The molecular weight excluding hydrogens is 330 g/mol. The van der Waals surface area contributed by atoms with E-state index in [1.165, 1.54) is 5.56 Å². The summed E-state index contributed by atoms with van der Waals surface area (Å²) in [6, 6.07) is 7.59. The highest BCUT2D eigenvalue weighted by molar-refractivity contribution is 5.53. The van der Waals surface area contributed by atoms with Crippen molar-refractivity contribution in [2.45, 2.75) is 32.9 Å². The van der Waals surface area contributed by atoms with Crippen LogP contribution in [0.1, 0.15) is 29.9 Å². The fraction of sp³-hybridized carbons (Fsp3) is 0.368. The Labute approximate surface area is 152 Å². The predicted molar refractivity (Wildman–Crippen MR) is 95.5 cm³/mol. The van der Waals surface area contributed by atoms with Crippen molar-refractivity contribution in [2.24, 2.45) is 0 Å². The average molecular weight is 351 g/mol. The number of ether oxygens (including phenoxy) is 1. The summed E-state index contributed by atoms with van der Waals surface area (Å²) in [7, 11) is 1.64. The number of aryl methyl sites for hydroxylation is 1. The van der Waals surface area contributed by atoms with Crippen LogP contribution in [0.3, 0.4) is 0 Å². The third-order valence-electron chi connectivity index (χ3n) is 4.55. The Morgan fingerprint density at radius 1 is 1.19 bits per heavy atom. The van der Waals surface area contributed by atoms with Crippen molar-refractivity contribution < 1.29 is 9.15 Å². The molecule has 0 amide bonds. The molecule has 0 aliphatic carbocycles. The topological polar surface area (TPSA) is 77.2 Å². The van der Waals surface area contributed by atoms with Gasteiger partial charge in [0.05, 0.1) is 19.3 Å². The van der Waals surface area contributed by atoms with Gasteiger partial charge in [0, 0.05) is 31.3 Å². The summed E-state index contributed by atoms with van der Waals surface area (Å²) in [5.41, 5.74) is 3.23. The molecule has 0 N–H and O–H groups in total. The molecule has 0 radical (unpaired) electrons. The van der Waals surface area contributed by atoms with Crippen LogP contribution in [0.25, 0.3) is 11.5 Å². The van der Waals surface area contributed by atoms with Gasteiger partial charge in [-0.15, -0.1) is 10.2 Å². The zero-order valence-corrected chi connectivity index (χ0v) is 15.0. The van der Waals surface area contributed by atoms with E-state index in [0.717, 1.165) is 48.8 Å². The highest BCUT2D eigenvalue weighted by atomic mass is 16.5. The number of hydrogen-bond donors (Lipinski definition) is 0. The highest BCUT2D eigenvalue weighted by Gasteiger charge is 2.20. The second kappa shape index (κ2) is 7.21. The van der Waals surface area contributed by atoms with Gasteiger partial charge in [-0.05, 0) is 36.2 Å². The molecular formula is C19H21N5O2. The first-order chi connectivity index (χ1) is 12.7. The second-order valence-electron chi connectivity index (χ2n) is 6.30. The van der Waals surface area contributed by atoms with Crippen molar-refractivity contribution in [1.82, 2.24) is 25.1 Å². The monoisotopic (exact) mass is 351 g/mol. The molecule has 7 heteroatoms. The number of aromatic nitrogens is 4. The van der Waals surface area contributed by atoms with Crippen LogP contribution < -0.4 is 4.74 Å². The van der Waals surface area contributed by atoms with Crippen molar-refractivity contribution in [3.8, 4) is 17.2 Å². The van der Waals surface area contributed by atoms with Crippen LogP contribution in [-0.4, -0.2) is 38.7 Å². The van der Waals surface area contributed by atoms with E-state index in [1.54, 1.807) is 7.11 Å². The molecule has 0 spiro atoms. The molecule has 0 unspecified atom stereocenters. The lowest BCUT2D eigenvalue weighted by Gasteiger charge is -2.26. The molecule has 1 aliphatic rings. The zero-order valence-electron chi connectivity index (χ0n) is 15.0. The van der Waals surface area contributed by atoms with E-state index < -0.39 is 0 Å². The lowest BCUT2D eigenvalue weighted by molar-refractivity contribution is 0.218. The fourth-order valence-electron chi connectivity index (χ4n) is 3.06. The molecule has 0 atom stereocenters. The van der Waals surface area contributed by atoms with Crippen molar-refractivity contribution in [3.63, 3.8) is 0 Å². The first-order valence-corrected chi connectivity index (χ1v) is 8.78. The van der Waals surface area contributed by atoms with Crippen molar-refractivity contribution in [2.75, 3.05) is 13.7 Å². The van der Waals surface area contributed by atoms with Gasteiger partial charge in [0.2, 0.25) is 11.8 Å². The summed E-state index contributed by atoms with van der Waals surface area (Å²) in [5, 5.41) is 8.37. The molecule has 134 valence electrons. The minimum absolute atomic E-state index is 0.524. The van der Waals surface area contributed by atoms with Gasteiger partial charge in [-0.2, -0.15) is 0 Å². The van der Waals surface area contributed by atoms with Crippen LogP contribution in [-0.2, 0) is 25.9 Å². The number of benzene rings is 1. The lowest BCUT2D eigenvalue weighted by Crippen LogP contribution is -2.31. The first-order valence-electron chi connectivity index (χ1n) is 8.78. The van der Waals surface area contributed by atoms with E-state index in [2.05, 4.69) is 32.0 Å². The van der Waals surface area contributed by atoms with E-state index >= 15 is 0 Å². The fourth-order valence-corrected chi connectivity index (χ4v) is 3.06. The highest BCUT2D eigenvalue weighted by Crippen LogP contribution is 2.23. The summed E-state index contributed by atoms with van der Waals surface area (Å²) in [6.07, 6.45) is 3.76. The maximum Gasteiger partial charge on any atom is 0.247 e. The van der Waals surface area contributed by atoms with Gasteiger partial charge in [0.25, 0.3) is 0 Å². The maximum atomic E-state index is 5.84. The number of rotatable bonds is 5. The van der Waals surface area contributed by atoms with Gasteiger partial charge in [-0.3, -0.25) is 4.90 Å². The maximum absolute atomic E-state index is 5.84. The van der Waals surface area contributed by atoms with Crippen LogP contribution in [0.15, 0.2) is 34.9 Å². The summed E-state index contributed by atoms with van der Waals surface area (Å²) in [5.74, 6) is 2.83. The predicted octanol–water partition coefficient (Wildman–Crippen LogP) is 2.66. The quantitative estimate of drug-likeness (QED) is 0.699. The minimum Gasteiger partial charge on any atom is -0.497 e. The van der Waals surface area contributed by atoms with Gasteiger partial charge in [0.1, 0.15) is 11.6 Å². The molecule has 1 aliphatic heterocycles. The van der Waals surface area contributed by atoms with Crippen molar-refractivity contribution in [3.05, 3.63) is 53.4 Å². The summed E-state index contributed by atoms with van der Waals surface area (Å²) in [6.45, 7) is 4.41. The smallest absolute Gasteiger partial charge is 0.247 e. The number of methoxy groups -OCH3 is 1. The Bertz CT molecular complexity index is 891. The molecule has 1 aromatic carbocycles. The molecule has 7 nitrogen and oxygen atoms in total. The molecule has 26 heavy (non-hydrogen) atoms. The number of nitrogens with zero attached hydrogens (tertiary/aromatic N) is 5. The van der Waals surface area contributed by atoms with Crippen molar-refractivity contribution in [1.29, 1.82) is 0 Å².